The third-order valence-corrected chi connectivity index (χ3v) is 2.37. The Morgan fingerprint density at radius 3 is 2.94 bits per heavy atom. The lowest BCUT2D eigenvalue weighted by Crippen LogP contribution is -2.10. The van der Waals surface area contributed by atoms with E-state index in [1.54, 1.807) is 19.2 Å². The zero-order chi connectivity index (χ0) is 13.1. The first-order chi connectivity index (χ1) is 8.63. The van der Waals surface area contributed by atoms with Crippen LogP contribution in [-0.2, 0) is 4.74 Å². The van der Waals surface area contributed by atoms with Gasteiger partial charge in [0.25, 0.3) is 0 Å². The monoisotopic (exact) mass is 249 g/mol. The number of benzene rings is 1. The third kappa shape index (κ3) is 2.17. The lowest BCUT2D eigenvalue weighted by Gasteiger charge is -2.09. The van der Waals surface area contributed by atoms with Crippen LogP contribution in [0.2, 0.25) is 0 Å². The van der Waals surface area contributed by atoms with Crippen LogP contribution in [0.4, 0.5) is 10.1 Å². The van der Waals surface area contributed by atoms with Crippen LogP contribution in [0.1, 0.15) is 17.3 Å². The van der Waals surface area contributed by atoms with E-state index in [2.05, 4.69) is 5.10 Å². The molecule has 18 heavy (non-hydrogen) atoms. The Kier molecular flexibility index (Phi) is 3.27. The number of anilines is 1. The number of hydrogen-bond acceptors (Lipinski definition) is 4. The molecule has 0 aliphatic carbocycles. The highest BCUT2D eigenvalue weighted by molar-refractivity contribution is 5.95. The molecule has 2 N–H and O–H groups in total. The molecule has 0 saturated heterocycles. The number of nitrogens with two attached hydrogens (primary N) is 1. The van der Waals surface area contributed by atoms with Crippen LogP contribution in [0.15, 0.2) is 30.6 Å². The number of esters is 1. The highest BCUT2D eigenvalue weighted by atomic mass is 19.1. The van der Waals surface area contributed by atoms with E-state index in [0.717, 1.165) is 6.07 Å². The predicted octanol–water partition coefficient (Wildman–Crippen LogP) is 1.77. The Hall–Kier alpha value is -2.37. The summed E-state index contributed by atoms with van der Waals surface area (Å²) in [6.07, 6.45) is 3.09. The van der Waals surface area contributed by atoms with Gasteiger partial charge >= 0.3 is 5.97 Å². The second-order valence-corrected chi connectivity index (χ2v) is 3.56. The molecule has 2 rings (SSSR count). The lowest BCUT2D eigenvalue weighted by molar-refractivity contribution is 0.0527. The number of carbonyl (C=O) groups is 1. The number of nitrogens with zero attached hydrogens (tertiary/aromatic N) is 2. The smallest absolute Gasteiger partial charge is 0.340 e. The summed E-state index contributed by atoms with van der Waals surface area (Å²) in [6, 6.07) is 4.07. The molecule has 0 aliphatic heterocycles. The first kappa shape index (κ1) is 12.1. The molecule has 0 aliphatic rings. The molecule has 0 saturated carbocycles. The molecule has 0 bridgehead atoms. The zero-order valence-corrected chi connectivity index (χ0v) is 9.76. The van der Waals surface area contributed by atoms with Crippen LogP contribution in [0, 0.1) is 5.82 Å². The maximum atomic E-state index is 13.8. The zero-order valence-electron chi connectivity index (χ0n) is 9.76. The van der Waals surface area contributed by atoms with Gasteiger partial charge in [0, 0.05) is 18.1 Å². The summed E-state index contributed by atoms with van der Waals surface area (Å²) in [4.78, 5) is 11.6. The number of rotatable bonds is 3. The summed E-state index contributed by atoms with van der Waals surface area (Å²) in [7, 11) is 0. The molecule has 0 fully saturated rings. The van der Waals surface area contributed by atoms with Crippen molar-refractivity contribution in [2.24, 2.45) is 0 Å². The minimum atomic E-state index is -0.580. The van der Waals surface area contributed by atoms with Crippen LogP contribution in [-0.4, -0.2) is 22.4 Å². The Labute approximate surface area is 103 Å². The molecule has 0 spiro atoms. The van der Waals surface area contributed by atoms with Gasteiger partial charge in [-0.05, 0) is 25.1 Å². The van der Waals surface area contributed by atoms with E-state index in [9.17, 15) is 9.18 Å². The van der Waals surface area contributed by atoms with Gasteiger partial charge in [-0.25, -0.2) is 13.9 Å². The molecule has 0 radical (unpaired) electrons. The number of ether oxygens (including phenoxy) is 1. The Morgan fingerprint density at radius 1 is 1.56 bits per heavy atom. The van der Waals surface area contributed by atoms with Gasteiger partial charge in [-0.3, -0.25) is 0 Å². The van der Waals surface area contributed by atoms with E-state index in [0.29, 0.717) is 0 Å². The minimum Gasteiger partial charge on any atom is -0.462 e. The summed E-state index contributed by atoms with van der Waals surface area (Å²) in [5.74, 6) is -1.13. The molecule has 5 nitrogen and oxygen atoms in total. The number of carbonyl (C=O) groups excluding carboxylic acids is 1. The van der Waals surface area contributed by atoms with Crippen molar-refractivity contribution in [1.29, 1.82) is 0 Å². The first-order valence-electron chi connectivity index (χ1n) is 5.39. The topological polar surface area (TPSA) is 70.1 Å². The summed E-state index contributed by atoms with van der Waals surface area (Å²) >= 11 is 0. The summed E-state index contributed by atoms with van der Waals surface area (Å²) < 4.78 is 19.9. The Bertz CT molecular complexity index is 567. The van der Waals surface area contributed by atoms with Gasteiger partial charge in [0.2, 0.25) is 0 Å². The average Bonchev–Trinajstić information content (AvgIpc) is 2.82. The third-order valence-electron chi connectivity index (χ3n) is 2.37. The molecule has 0 unspecified atom stereocenters. The van der Waals surface area contributed by atoms with E-state index < -0.39 is 11.8 Å². The van der Waals surface area contributed by atoms with E-state index >= 15 is 0 Å². The highest BCUT2D eigenvalue weighted by Crippen LogP contribution is 2.21. The summed E-state index contributed by atoms with van der Waals surface area (Å²) in [5.41, 5.74) is 5.93. The van der Waals surface area contributed by atoms with Crippen molar-refractivity contribution in [3.8, 4) is 5.69 Å². The fourth-order valence-electron chi connectivity index (χ4n) is 1.55. The average molecular weight is 249 g/mol. The van der Waals surface area contributed by atoms with Crippen LogP contribution < -0.4 is 5.73 Å². The quantitative estimate of drug-likeness (QED) is 0.664. The fourth-order valence-corrected chi connectivity index (χ4v) is 1.55. The predicted molar refractivity (Wildman–Crippen MR) is 63.9 cm³/mol. The van der Waals surface area contributed by atoms with Gasteiger partial charge in [-0.15, -0.1) is 0 Å². The van der Waals surface area contributed by atoms with Crippen molar-refractivity contribution >= 4 is 11.7 Å². The fraction of sp³-hybridized carbons (Fsp3) is 0.167. The molecule has 94 valence electrons. The van der Waals surface area contributed by atoms with Crippen molar-refractivity contribution in [3.63, 3.8) is 0 Å². The number of aromatic nitrogens is 2. The summed E-state index contributed by atoms with van der Waals surface area (Å²) in [6.45, 7) is 1.92. The number of nitrogen functional groups attached to an aromatic ring is 1. The molecule has 0 atom stereocenters. The molecular formula is C12H12FN3O2. The number of hydrogen-bond donors (Lipinski definition) is 1. The van der Waals surface area contributed by atoms with Crippen molar-refractivity contribution in [1.82, 2.24) is 9.78 Å². The minimum absolute atomic E-state index is 0.0434. The molecule has 2 aromatic rings. The number of halogens is 1. The van der Waals surface area contributed by atoms with Crippen LogP contribution >= 0.6 is 0 Å². The molecule has 1 heterocycles. The van der Waals surface area contributed by atoms with Crippen LogP contribution in [0.5, 0.6) is 0 Å². The van der Waals surface area contributed by atoms with Crippen molar-refractivity contribution < 1.29 is 13.9 Å². The largest absolute Gasteiger partial charge is 0.462 e. The van der Waals surface area contributed by atoms with Gasteiger partial charge in [0.15, 0.2) is 5.82 Å². The van der Waals surface area contributed by atoms with E-state index in [1.807, 2.05) is 0 Å². The van der Waals surface area contributed by atoms with E-state index in [4.69, 9.17) is 10.5 Å². The Balaban J connectivity index is 2.49. The van der Waals surface area contributed by atoms with Crippen molar-refractivity contribution in [3.05, 3.63) is 42.0 Å². The molecule has 1 aromatic carbocycles. The molecule has 0 amide bonds. The van der Waals surface area contributed by atoms with Crippen molar-refractivity contribution in [2.75, 3.05) is 12.3 Å². The standard InChI is InChI=1S/C12H12FN3O2/c1-2-18-12(17)8-6-11(9(13)7-10(8)14)16-5-3-4-15-16/h3-7H,2,14H2,1H3. The van der Waals surface area contributed by atoms with Gasteiger partial charge in [0.05, 0.1) is 12.2 Å². The van der Waals surface area contributed by atoms with Crippen LogP contribution in [0.25, 0.3) is 5.69 Å². The maximum Gasteiger partial charge on any atom is 0.340 e. The summed E-state index contributed by atoms with van der Waals surface area (Å²) in [5, 5.41) is 3.91. The van der Waals surface area contributed by atoms with E-state index in [-0.39, 0.29) is 23.5 Å². The second-order valence-electron chi connectivity index (χ2n) is 3.56. The normalized spacial score (nSPS) is 10.3. The molecule has 1 aromatic heterocycles. The van der Waals surface area contributed by atoms with E-state index in [1.165, 1.54) is 16.9 Å². The van der Waals surface area contributed by atoms with Gasteiger partial charge < -0.3 is 10.5 Å². The highest BCUT2D eigenvalue weighted by Gasteiger charge is 2.16. The second kappa shape index (κ2) is 4.87. The van der Waals surface area contributed by atoms with Crippen molar-refractivity contribution in [2.45, 2.75) is 6.92 Å². The first-order valence-corrected chi connectivity index (χ1v) is 5.39. The van der Waals surface area contributed by atoms with Gasteiger partial charge in [-0.1, -0.05) is 0 Å². The van der Waals surface area contributed by atoms with Crippen LogP contribution in [0.3, 0.4) is 0 Å². The van der Waals surface area contributed by atoms with Gasteiger partial charge in [0.1, 0.15) is 5.69 Å². The molecular weight excluding hydrogens is 237 g/mol. The van der Waals surface area contributed by atoms with Gasteiger partial charge in [-0.2, -0.15) is 5.10 Å². The molecule has 6 heteroatoms. The Morgan fingerprint density at radius 2 is 2.33 bits per heavy atom. The SMILES string of the molecule is CCOC(=O)c1cc(-n2cccn2)c(F)cc1N. The maximum absolute atomic E-state index is 13.8. The lowest BCUT2D eigenvalue weighted by atomic mass is 10.1.